The van der Waals surface area contributed by atoms with Gasteiger partial charge in [-0.1, -0.05) is 92.7 Å². The molecule has 6 aromatic rings. The number of carboxylic acids is 1. The molecule has 0 saturated carbocycles. The molecule has 9 nitrogen and oxygen atoms in total. The number of nitrogens with zero attached hydrogens (tertiary/aromatic N) is 1. The van der Waals surface area contributed by atoms with Crippen LogP contribution in [0.5, 0.6) is 5.75 Å². The molecule has 5 aromatic carbocycles. The van der Waals surface area contributed by atoms with Crippen molar-refractivity contribution in [1.82, 2.24) is 9.88 Å². The summed E-state index contributed by atoms with van der Waals surface area (Å²) in [4.78, 5) is 25.0. The fraction of sp³-hybridized carbons (Fsp3) is 0.280. The number of carbonyl (C=O) groups is 2. The molecule has 0 bridgehead atoms. The van der Waals surface area contributed by atoms with Crippen molar-refractivity contribution < 1.29 is 47.2 Å². The molecule has 0 aliphatic rings. The van der Waals surface area contributed by atoms with Crippen LogP contribution in [0.15, 0.2) is 140 Å². The van der Waals surface area contributed by atoms with E-state index in [1.807, 2.05) is 116 Å². The summed E-state index contributed by atoms with van der Waals surface area (Å²) in [5.74, 6) is -1.51. The molecular weight excluding hydrogens is 815 g/mol. The van der Waals surface area contributed by atoms with Gasteiger partial charge in [-0.05, 0) is 110 Å². The molecule has 3 atom stereocenters. The second-order valence-corrected chi connectivity index (χ2v) is 15.3. The zero-order chi connectivity index (χ0) is 45.5. The van der Waals surface area contributed by atoms with E-state index in [1.54, 1.807) is 12.1 Å². The molecule has 1 amide bonds. The summed E-state index contributed by atoms with van der Waals surface area (Å²) in [5.41, 5.74) is 5.10. The van der Waals surface area contributed by atoms with E-state index in [0.29, 0.717) is 33.8 Å². The Hall–Kier alpha value is -6.28. The van der Waals surface area contributed by atoms with Crippen LogP contribution in [0.3, 0.4) is 0 Å². The number of hydrogen-bond acceptors (Lipinski definition) is 6. The molecular formula is C50H53F4N3O6. The number of amides is 1. The largest absolute Gasteiger partial charge is 0.486 e. The van der Waals surface area contributed by atoms with Gasteiger partial charge in [0, 0.05) is 29.9 Å². The second kappa shape index (κ2) is 22.7. The molecule has 0 radical (unpaired) electrons. The average molecular weight is 868 g/mol. The fourth-order valence-electron chi connectivity index (χ4n) is 7.33. The number of ether oxygens (including phenoxy) is 1. The van der Waals surface area contributed by atoms with Crippen LogP contribution in [0.4, 0.5) is 23.2 Å². The zero-order valence-corrected chi connectivity index (χ0v) is 35.4. The van der Waals surface area contributed by atoms with Crippen LogP contribution in [0.2, 0.25) is 0 Å². The number of hydrogen-bond donors (Lipinski definition) is 5. The van der Waals surface area contributed by atoms with Crippen molar-refractivity contribution in [3.05, 3.63) is 168 Å². The molecule has 0 aliphatic heterocycles. The van der Waals surface area contributed by atoms with Gasteiger partial charge in [-0.15, -0.1) is 0 Å². The molecule has 13 heteroatoms. The molecule has 63 heavy (non-hydrogen) atoms. The van der Waals surface area contributed by atoms with Gasteiger partial charge in [0.05, 0.1) is 35.4 Å². The van der Waals surface area contributed by atoms with Crippen molar-refractivity contribution in [1.29, 1.82) is 0 Å². The third-order valence-corrected chi connectivity index (χ3v) is 10.2. The van der Waals surface area contributed by atoms with Crippen molar-refractivity contribution in [2.45, 2.75) is 76.5 Å². The van der Waals surface area contributed by atoms with Crippen LogP contribution in [0.25, 0.3) is 22.4 Å². The van der Waals surface area contributed by atoms with E-state index >= 15 is 0 Å². The molecule has 1 aromatic heterocycles. The molecule has 332 valence electrons. The van der Waals surface area contributed by atoms with E-state index in [1.165, 1.54) is 24.3 Å². The number of rotatable bonds is 18. The summed E-state index contributed by atoms with van der Waals surface area (Å²) < 4.78 is 59.6. The summed E-state index contributed by atoms with van der Waals surface area (Å²) in [6.07, 6.45) is -6.32. The molecule has 6 rings (SSSR count). The number of benzene rings is 5. The highest BCUT2D eigenvalue weighted by molar-refractivity contribution is 6.12. The number of carboxylic acid groups (broad SMARTS) is 1. The lowest BCUT2D eigenvalue weighted by Crippen LogP contribution is -2.22. The van der Waals surface area contributed by atoms with Crippen LogP contribution in [-0.4, -0.2) is 57.6 Å². The minimum absolute atomic E-state index is 0.0939. The SMILES string of the molecule is CC(C)c1c(C(=O)Nc2ccccc2)c(-c2ccccc2)c(-c2ccc(F)cc2)n1CC[C@@H](O)C[C@@H](O)CC(=O)O.CNCCC(Oc1ccc(C(F)(F)F)cc1)c1ccccc1. The standard InChI is InChI=1S/C33H35FN2O5.C17H18F3NO/c1-21(2)31-30(33(41)35-25-11-7-4-8-12-25)29(22-9-5-3-6-10-22)32(23-13-15-24(34)16-14-23)36(31)18-17-26(37)19-27(38)20-28(39)40;1-21-12-11-16(13-5-3-2-4-6-13)22-15-9-7-14(8-10-15)17(18,19)20/h3-16,21,26-27,37-38H,17-20H2,1-2H3,(H,35,41)(H,39,40);2-10,16,21H,11-12H2,1H3/t26-,27-;/m1./s1. The van der Waals surface area contributed by atoms with Gasteiger partial charge >= 0.3 is 12.1 Å². The first-order chi connectivity index (χ1) is 30.2. The van der Waals surface area contributed by atoms with Crippen LogP contribution in [0.1, 0.15) is 78.7 Å². The van der Waals surface area contributed by atoms with Gasteiger partial charge < -0.3 is 35.3 Å². The summed E-state index contributed by atoms with van der Waals surface area (Å²) in [6.45, 7) is 5.00. The van der Waals surface area contributed by atoms with Gasteiger partial charge in [-0.25, -0.2) is 4.39 Å². The van der Waals surface area contributed by atoms with Gasteiger partial charge in [0.1, 0.15) is 17.7 Å². The molecule has 1 heterocycles. The van der Waals surface area contributed by atoms with Crippen LogP contribution in [0, 0.1) is 5.82 Å². The number of nitrogens with one attached hydrogen (secondary N) is 2. The number of anilines is 1. The summed E-state index contributed by atoms with van der Waals surface area (Å²) >= 11 is 0. The third-order valence-electron chi connectivity index (χ3n) is 10.2. The van der Waals surface area contributed by atoms with E-state index in [4.69, 9.17) is 9.84 Å². The monoisotopic (exact) mass is 867 g/mol. The minimum Gasteiger partial charge on any atom is -0.486 e. The maximum atomic E-state index is 14.0. The second-order valence-electron chi connectivity index (χ2n) is 15.3. The lowest BCUT2D eigenvalue weighted by molar-refractivity contribution is -0.139. The number of aliphatic hydroxyl groups is 2. The Bertz CT molecular complexity index is 2340. The van der Waals surface area contributed by atoms with Crippen molar-refractivity contribution in [2.24, 2.45) is 0 Å². The van der Waals surface area contributed by atoms with Crippen LogP contribution in [-0.2, 0) is 17.5 Å². The van der Waals surface area contributed by atoms with Crippen molar-refractivity contribution in [3.8, 4) is 28.1 Å². The molecule has 0 aliphatic carbocycles. The van der Waals surface area contributed by atoms with Crippen LogP contribution >= 0.6 is 0 Å². The van der Waals surface area contributed by atoms with Gasteiger partial charge in [0.2, 0.25) is 0 Å². The molecule has 0 spiro atoms. The van der Waals surface area contributed by atoms with E-state index < -0.39 is 36.3 Å². The fourth-order valence-corrected chi connectivity index (χ4v) is 7.33. The highest BCUT2D eigenvalue weighted by Gasteiger charge is 2.32. The number of carbonyl (C=O) groups excluding carboxylic acids is 1. The number of aliphatic carboxylic acids is 1. The smallest absolute Gasteiger partial charge is 0.416 e. The van der Waals surface area contributed by atoms with Crippen molar-refractivity contribution >= 4 is 17.6 Å². The number of alkyl halides is 3. The van der Waals surface area contributed by atoms with Gasteiger partial charge in [0.15, 0.2) is 0 Å². The van der Waals surface area contributed by atoms with Gasteiger partial charge in [-0.2, -0.15) is 13.2 Å². The highest BCUT2D eigenvalue weighted by Crippen LogP contribution is 2.43. The lowest BCUT2D eigenvalue weighted by atomic mass is 9.94. The number of halogens is 4. The summed E-state index contributed by atoms with van der Waals surface area (Å²) in [6, 6.07) is 39.2. The van der Waals surface area contributed by atoms with E-state index in [2.05, 4.69) is 10.6 Å². The average Bonchev–Trinajstić information content (AvgIpc) is 3.61. The van der Waals surface area contributed by atoms with E-state index in [-0.39, 0.29) is 43.1 Å². The highest BCUT2D eigenvalue weighted by atomic mass is 19.4. The lowest BCUT2D eigenvalue weighted by Gasteiger charge is -2.20. The predicted octanol–water partition coefficient (Wildman–Crippen LogP) is 10.7. The quantitative estimate of drug-likeness (QED) is 0.0543. The van der Waals surface area contributed by atoms with E-state index in [9.17, 15) is 37.4 Å². The van der Waals surface area contributed by atoms with Gasteiger partial charge in [0.25, 0.3) is 5.91 Å². The Morgan fingerprint density at radius 2 is 1.33 bits per heavy atom. The Balaban J connectivity index is 0.000000286. The van der Waals surface area contributed by atoms with Crippen molar-refractivity contribution in [3.63, 3.8) is 0 Å². The molecule has 0 saturated heterocycles. The maximum absolute atomic E-state index is 14.0. The van der Waals surface area contributed by atoms with Gasteiger partial charge in [-0.3, -0.25) is 9.59 Å². The maximum Gasteiger partial charge on any atom is 0.416 e. The summed E-state index contributed by atoms with van der Waals surface area (Å²) in [5, 5.41) is 35.8. The first-order valence-electron chi connectivity index (χ1n) is 20.7. The Morgan fingerprint density at radius 1 is 0.746 bits per heavy atom. The topological polar surface area (TPSA) is 133 Å². The first-order valence-corrected chi connectivity index (χ1v) is 20.7. The Kier molecular flexibility index (Phi) is 17.2. The zero-order valence-electron chi connectivity index (χ0n) is 35.4. The Morgan fingerprint density at radius 3 is 1.89 bits per heavy atom. The number of para-hydroxylation sites is 1. The molecule has 0 fully saturated rings. The molecule has 5 N–H and O–H groups in total. The van der Waals surface area contributed by atoms with E-state index in [0.717, 1.165) is 41.9 Å². The Labute approximate surface area is 365 Å². The molecule has 1 unspecified atom stereocenters. The predicted molar refractivity (Wildman–Crippen MR) is 237 cm³/mol. The van der Waals surface area contributed by atoms with Crippen molar-refractivity contribution in [2.75, 3.05) is 18.9 Å². The minimum atomic E-state index is -4.33. The first kappa shape index (κ1) is 47.8. The summed E-state index contributed by atoms with van der Waals surface area (Å²) in [7, 11) is 1.85. The number of aromatic nitrogens is 1. The third kappa shape index (κ3) is 13.6. The number of aliphatic hydroxyl groups excluding tert-OH is 2. The normalized spacial score (nSPS) is 12.8. The van der Waals surface area contributed by atoms with Crippen LogP contribution < -0.4 is 15.4 Å².